The van der Waals surface area contributed by atoms with Crippen LogP contribution in [0.3, 0.4) is 0 Å². The Morgan fingerprint density at radius 2 is 1.97 bits per heavy atom. The number of amides is 2. The third-order valence-electron chi connectivity index (χ3n) is 6.34. The fraction of sp³-hybridized carbons (Fsp3) is 0.750. The third-order valence-corrected chi connectivity index (χ3v) is 6.34. The second kappa shape index (κ2) is 16.0. The summed E-state index contributed by atoms with van der Waals surface area (Å²) in [6.45, 7) is 8.06. The maximum atomic E-state index is 13.3. The number of hydrogen-bond donors (Lipinski definition) is 6. The number of oxime groups is 1. The van der Waals surface area contributed by atoms with Crippen molar-refractivity contribution >= 4 is 35.0 Å². The molecule has 1 aliphatic rings. The first-order valence-electron chi connectivity index (χ1n) is 12.8. The van der Waals surface area contributed by atoms with Crippen LogP contribution in [-0.2, 0) is 19.2 Å². The van der Waals surface area contributed by atoms with Gasteiger partial charge in [0, 0.05) is 19.1 Å². The minimum absolute atomic E-state index is 0.00661. The minimum Gasteiger partial charge on any atom is -0.481 e. The van der Waals surface area contributed by atoms with E-state index in [2.05, 4.69) is 21.1 Å². The molecule has 0 aromatic heterocycles. The molecule has 1 saturated heterocycles. The van der Waals surface area contributed by atoms with E-state index in [1.165, 1.54) is 11.8 Å². The van der Waals surface area contributed by atoms with E-state index in [9.17, 15) is 24.3 Å². The number of carboxylic acids is 1. The number of likely N-dealkylation sites (N-methyl/N-ethyl adjacent to an activating group) is 1. The van der Waals surface area contributed by atoms with Crippen molar-refractivity contribution in [1.29, 1.82) is 5.41 Å². The topological polar surface area (TPSA) is 188 Å². The number of aliphatic carboxylic acids is 1. The summed E-state index contributed by atoms with van der Waals surface area (Å²) >= 11 is 0. The fourth-order valence-corrected chi connectivity index (χ4v) is 4.09. The molecular formula is C24H43N7O6. The number of carbonyl (C=O) groups excluding carboxylic acids is 3. The predicted molar refractivity (Wildman–Crippen MR) is 139 cm³/mol. The lowest BCUT2D eigenvalue weighted by atomic mass is 10.0. The molecule has 13 heteroatoms. The van der Waals surface area contributed by atoms with E-state index < -0.39 is 48.2 Å². The zero-order valence-corrected chi connectivity index (χ0v) is 22.5. The van der Waals surface area contributed by atoms with Gasteiger partial charge < -0.3 is 25.9 Å². The van der Waals surface area contributed by atoms with Crippen molar-refractivity contribution in [3.8, 4) is 0 Å². The number of ketones is 1. The van der Waals surface area contributed by atoms with Gasteiger partial charge in [0.25, 0.3) is 5.91 Å². The summed E-state index contributed by atoms with van der Waals surface area (Å²) in [5.74, 6) is -2.61. The molecule has 1 fully saturated rings. The smallest absolute Gasteiger partial charge is 0.305 e. The van der Waals surface area contributed by atoms with E-state index in [-0.39, 0.29) is 43.5 Å². The first kappa shape index (κ1) is 32.1. The van der Waals surface area contributed by atoms with Crippen LogP contribution in [0.5, 0.6) is 0 Å². The van der Waals surface area contributed by atoms with Gasteiger partial charge in [-0.3, -0.25) is 34.7 Å². The lowest BCUT2D eigenvalue weighted by molar-refractivity contribution is -0.147. The van der Waals surface area contributed by atoms with E-state index in [1.807, 2.05) is 13.8 Å². The van der Waals surface area contributed by atoms with Crippen LogP contribution in [0.25, 0.3) is 0 Å². The minimum atomic E-state index is -1.21. The Hall–Kier alpha value is -2.90. The van der Waals surface area contributed by atoms with Crippen LogP contribution in [0.2, 0.25) is 0 Å². The lowest BCUT2D eigenvalue weighted by Crippen LogP contribution is -2.68. The van der Waals surface area contributed by atoms with Crippen molar-refractivity contribution in [3.63, 3.8) is 0 Å². The molecule has 0 aliphatic carbocycles. The van der Waals surface area contributed by atoms with Crippen molar-refractivity contribution in [2.75, 3.05) is 33.2 Å². The molecule has 0 bridgehead atoms. The highest BCUT2D eigenvalue weighted by Gasteiger charge is 2.39. The molecule has 2 amide bonds. The molecule has 1 heterocycles. The number of Topliss-reactive ketones (excluding diaryl/α,β-unsaturated/α-hetero) is 1. The molecule has 0 saturated carbocycles. The number of carbonyl (C=O) groups is 4. The Kier molecular flexibility index (Phi) is 13.9. The van der Waals surface area contributed by atoms with Crippen LogP contribution in [0.1, 0.15) is 59.8 Å². The first-order chi connectivity index (χ1) is 17.5. The van der Waals surface area contributed by atoms with Gasteiger partial charge in [0.05, 0.1) is 24.7 Å². The molecule has 1 rings (SSSR count). The summed E-state index contributed by atoms with van der Waals surface area (Å²) in [7, 11) is 1.77. The maximum absolute atomic E-state index is 13.3. The van der Waals surface area contributed by atoms with Crippen molar-refractivity contribution in [2.45, 2.75) is 84.1 Å². The summed E-state index contributed by atoms with van der Waals surface area (Å²) in [5.41, 5.74) is 0.117. The molecule has 210 valence electrons. The summed E-state index contributed by atoms with van der Waals surface area (Å²) in [6.07, 6.45) is 1.32. The molecule has 1 aliphatic heterocycles. The second-order valence-corrected chi connectivity index (χ2v) is 9.39. The van der Waals surface area contributed by atoms with E-state index >= 15 is 0 Å². The number of piperazine rings is 1. The third kappa shape index (κ3) is 10.2. The first-order valence-corrected chi connectivity index (χ1v) is 12.8. The number of rotatable bonds is 17. The second-order valence-electron chi connectivity index (χ2n) is 9.39. The summed E-state index contributed by atoms with van der Waals surface area (Å²) in [6, 6.07) is -2.27. The SMILES string of the molecule is CCCCN(C)CC(=O)C(CC(=O)O)NC(=O)C(CC)N1CC(CC)NC(NC/C(=N/O)C(C)=N)C1=O. The average molecular weight is 526 g/mol. The molecule has 37 heavy (non-hydrogen) atoms. The Morgan fingerprint density at radius 1 is 1.30 bits per heavy atom. The van der Waals surface area contributed by atoms with Crippen molar-refractivity contribution in [3.05, 3.63) is 0 Å². The van der Waals surface area contributed by atoms with Crippen LogP contribution in [-0.4, -0.2) is 113 Å². The Bertz CT molecular complexity index is 849. The van der Waals surface area contributed by atoms with Crippen LogP contribution < -0.4 is 16.0 Å². The van der Waals surface area contributed by atoms with Gasteiger partial charge in [-0.2, -0.15) is 0 Å². The van der Waals surface area contributed by atoms with Crippen LogP contribution in [0.15, 0.2) is 5.16 Å². The predicted octanol–water partition coefficient (Wildman–Crippen LogP) is 0.0215. The van der Waals surface area contributed by atoms with Crippen LogP contribution in [0, 0.1) is 5.41 Å². The van der Waals surface area contributed by atoms with Gasteiger partial charge >= 0.3 is 5.97 Å². The Labute approximate surface area is 218 Å². The molecular weight excluding hydrogens is 482 g/mol. The fourth-order valence-electron chi connectivity index (χ4n) is 4.09. The Morgan fingerprint density at radius 3 is 2.49 bits per heavy atom. The molecule has 4 atom stereocenters. The van der Waals surface area contributed by atoms with Crippen LogP contribution in [0.4, 0.5) is 0 Å². The molecule has 0 aromatic carbocycles. The quantitative estimate of drug-likeness (QED) is 0.0864. The number of nitrogens with one attached hydrogen (secondary N) is 4. The maximum Gasteiger partial charge on any atom is 0.305 e. The molecule has 0 spiro atoms. The average Bonchev–Trinajstić information content (AvgIpc) is 2.84. The molecule has 6 N–H and O–H groups in total. The van der Waals surface area contributed by atoms with Gasteiger partial charge in [-0.1, -0.05) is 32.3 Å². The number of unbranched alkanes of at least 4 members (excludes halogenated alkanes) is 1. The summed E-state index contributed by atoms with van der Waals surface area (Å²) in [5, 5.41) is 37.8. The van der Waals surface area contributed by atoms with Gasteiger partial charge in [0.15, 0.2) is 5.78 Å². The standard InChI is InChI=1S/C24H43N7O6/c1-6-9-10-30(5)14-20(32)17(11-21(33)34)28-23(35)19(8-3)31-13-16(7-2)27-22(24(31)36)26-12-18(29-37)15(4)25/h16-17,19,22,25-27,37H,6-14H2,1-5H3,(H,28,35)(H,33,34)/b25-15?,29-18-. The molecule has 0 aromatic rings. The van der Waals surface area contributed by atoms with Gasteiger partial charge in [-0.05, 0) is 39.8 Å². The molecule has 4 unspecified atom stereocenters. The number of carboxylic acid groups (broad SMARTS) is 1. The van der Waals surface area contributed by atoms with E-state index in [1.54, 1.807) is 18.9 Å². The summed E-state index contributed by atoms with van der Waals surface area (Å²) < 4.78 is 0. The highest BCUT2D eigenvalue weighted by molar-refractivity contribution is 6.40. The van der Waals surface area contributed by atoms with Gasteiger partial charge in [-0.15, -0.1) is 0 Å². The highest BCUT2D eigenvalue weighted by Crippen LogP contribution is 2.15. The molecule has 13 nitrogen and oxygen atoms in total. The number of nitrogens with zero attached hydrogens (tertiary/aromatic N) is 3. The van der Waals surface area contributed by atoms with Gasteiger partial charge in [0.2, 0.25) is 5.91 Å². The monoisotopic (exact) mass is 525 g/mol. The largest absolute Gasteiger partial charge is 0.481 e. The van der Waals surface area contributed by atoms with Crippen molar-refractivity contribution < 1.29 is 29.5 Å². The summed E-state index contributed by atoms with van der Waals surface area (Å²) in [4.78, 5) is 54.1. The lowest BCUT2D eigenvalue weighted by Gasteiger charge is -2.42. The van der Waals surface area contributed by atoms with Crippen molar-refractivity contribution in [2.24, 2.45) is 5.16 Å². The van der Waals surface area contributed by atoms with E-state index in [4.69, 9.17) is 10.6 Å². The highest BCUT2D eigenvalue weighted by atomic mass is 16.4. The zero-order chi connectivity index (χ0) is 28.1. The normalized spacial score (nSPS) is 20.0. The van der Waals surface area contributed by atoms with E-state index in [0.29, 0.717) is 13.0 Å². The zero-order valence-electron chi connectivity index (χ0n) is 22.5. The van der Waals surface area contributed by atoms with Gasteiger partial charge in [-0.25, -0.2) is 0 Å². The van der Waals surface area contributed by atoms with E-state index in [0.717, 1.165) is 12.8 Å². The van der Waals surface area contributed by atoms with Crippen molar-refractivity contribution in [1.82, 2.24) is 25.8 Å². The van der Waals surface area contributed by atoms with Crippen LogP contribution >= 0.6 is 0 Å². The van der Waals surface area contributed by atoms with Gasteiger partial charge in [0.1, 0.15) is 17.9 Å². The number of hydrogen-bond acceptors (Lipinski definition) is 10. The molecule has 0 radical (unpaired) electrons. The Balaban J connectivity index is 3.04.